The van der Waals surface area contributed by atoms with Crippen LogP contribution in [-0.2, 0) is 20.9 Å². The number of alkyl halides is 3. The molecule has 2 aromatic rings. The predicted octanol–water partition coefficient (Wildman–Crippen LogP) is 2.86. The van der Waals surface area contributed by atoms with Crippen LogP contribution in [0.4, 0.5) is 13.2 Å². The fourth-order valence-corrected chi connectivity index (χ4v) is 3.97. The van der Waals surface area contributed by atoms with Gasteiger partial charge in [-0.05, 0) is 29.8 Å². The quantitative estimate of drug-likeness (QED) is 0.831. The van der Waals surface area contributed by atoms with Crippen LogP contribution in [0.15, 0.2) is 53.7 Å². The van der Waals surface area contributed by atoms with Crippen molar-refractivity contribution >= 4 is 10.0 Å². The standard InChI is InChI=1S/C16H15F3N2O3S/c17-16(18,19)13-5-3-12(4-6-13)15-11-21(8-9-24-15)25(22,23)14-2-1-7-20-10-14/h1-7,10,15H,8-9,11H2. The molecule has 1 aliphatic heterocycles. The van der Waals surface area contributed by atoms with E-state index in [4.69, 9.17) is 4.74 Å². The molecule has 0 radical (unpaired) electrons. The van der Waals surface area contributed by atoms with Crippen molar-refractivity contribution in [2.75, 3.05) is 19.7 Å². The lowest BCUT2D eigenvalue weighted by Gasteiger charge is -2.32. The van der Waals surface area contributed by atoms with Gasteiger partial charge in [-0.2, -0.15) is 17.5 Å². The molecule has 2 heterocycles. The van der Waals surface area contributed by atoms with E-state index in [9.17, 15) is 21.6 Å². The molecule has 1 saturated heterocycles. The first-order valence-electron chi connectivity index (χ1n) is 7.47. The molecule has 0 spiro atoms. The molecule has 1 fully saturated rings. The lowest BCUT2D eigenvalue weighted by molar-refractivity contribution is -0.137. The number of pyridine rings is 1. The number of aromatic nitrogens is 1. The van der Waals surface area contributed by atoms with Gasteiger partial charge < -0.3 is 4.74 Å². The molecule has 0 N–H and O–H groups in total. The molecular weight excluding hydrogens is 357 g/mol. The van der Waals surface area contributed by atoms with Crippen LogP contribution in [0.3, 0.4) is 0 Å². The molecule has 9 heteroatoms. The van der Waals surface area contributed by atoms with Gasteiger partial charge in [-0.3, -0.25) is 4.98 Å². The van der Waals surface area contributed by atoms with E-state index in [1.807, 2.05) is 0 Å². The summed E-state index contributed by atoms with van der Waals surface area (Å²) in [4.78, 5) is 3.88. The number of halogens is 3. The lowest BCUT2D eigenvalue weighted by Crippen LogP contribution is -2.42. The Morgan fingerprint density at radius 1 is 1.16 bits per heavy atom. The van der Waals surface area contributed by atoms with Crippen LogP contribution in [0.2, 0.25) is 0 Å². The Kier molecular flexibility index (Phi) is 4.81. The zero-order chi connectivity index (χ0) is 18.1. The van der Waals surface area contributed by atoms with Crippen LogP contribution in [0.1, 0.15) is 17.2 Å². The molecule has 1 aromatic heterocycles. The number of hydrogen-bond donors (Lipinski definition) is 0. The minimum absolute atomic E-state index is 0.0303. The van der Waals surface area contributed by atoms with Gasteiger partial charge in [0.1, 0.15) is 4.90 Å². The molecule has 5 nitrogen and oxygen atoms in total. The van der Waals surface area contributed by atoms with Crippen molar-refractivity contribution in [3.8, 4) is 0 Å². The van der Waals surface area contributed by atoms with Crippen LogP contribution >= 0.6 is 0 Å². The highest BCUT2D eigenvalue weighted by Crippen LogP contribution is 2.31. The fraction of sp³-hybridized carbons (Fsp3) is 0.312. The van der Waals surface area contributed by atoms with Crippen LogP contribution in [0.25, 0.3) is 0 Å². The number of hydrogen-bond acceptors (Lipinski definition) is 4. The number of rotatable bonds is 3. The first kappa shape index (κ1) is 17.8. The van der Waals surface area contributed by atoms with Gasteiger partial charge >= 0.3 is 6.18 Å². The Balaban J connectivity index is 1.80. The number of sulfonamides is 1. The molecule has 134 valence electrons. The number of benzene rings is 1. The van der Waals surface area contributed by atoms with Crippen molar-refractivity contribution in [3.63, 3.8) is 0 Å². The second kappa shape index (κ2) is 6.74. The minimum Gasteiger partial charge on any atom is -0.371 e. The third kappa shape index (κ3) is 3.83. The van der Waals surface area contributed by atoms with Crippen LogP contribution in [0.5, 0.6) is 0 Å². The van der Waals surface area contributed by atoms with E-state index in [2.05, 4.69) is 4.98 Å². The van der Waals surface area contributed by atoms with Gasteiger partial charge in [0.2, 0.25) is 10.0 Å². The summed E-state index contributed by atoms with van der Waals surface area (Å²) in [7, 11) is -3.72. The smallest absolute Gasteiger partial charge is 0.371 e. The van der Waals surface area contributed by atoms with Gasteiger partial charge in [-0.25, -0.2) is 8.42 Å². The molecule has 25 heavy (non-hydrogen) atoms. The zero-order valence-corrected chi connectivity index (χ0v) is 13.8. The summed E-state index contributed by atoms with van der Waals surface area (Å²) >= 11 is 0. The molecule has 1 aromatic carbocycles. The second-order valence-electron chi connectivity index (χ2n) is 5.53. The molecule has 0 amide bonds. The van der Waals surface area contributed by atoms with E-state index in [1.54, 1.807) is 0 Å². The normalized spacial score (nSPS) is 19.7. The largest absolute Gasteiger partial charge is 0.416 e. The van der Waals surface area contributed by atoms with Crippen molar-refractivity contribution in [1.29, 1.82) is 0 Å². The molecule has 3 rings (SSSR count). The Morgan fingerprint density at radius 2 is 1.88 bits per heavy atom. The van der Waals surface area contributed by atoms with E-state index in [1.165, 1.54) is 41.0 Å². The Labute approximate surface area is 143 Å². The van der Waals surface area contributed by atoms with Crippen molar-refractivity contribution in [1.82, 2.24) is 9.29 Å². The fourth-order valence-electron chi connectivity index (χ4n) is 2.58. The minimum atomic E-state index is -4.42. The molecule has 0 saturated carbocycles. The van der Waals surface area contributed by atoms with E-state index in [-0.39, 0.29) is 24.6 Å². The maximum absolute atomic E-state index is 12.6. The van der Waals surface area contributed by atoms with E-state index in [0.717, 1.165) is 12.1 Å². The Hall–Kier alpha value is -1.97. The average Bonchev–Trinajstić information content (AvgIpc) is 2.62. The second-order valence-corrected chi connectivity index (χ2v) is 7.47. The van der Waals surface area contributed by atoms with Crippen molar-refractivity contribution in [2.24, 2.45) is 0 Å². The van der Waals surface area contributed by atoms with Gasteiger partial charge in [-0.1, -0.05) is 12.1 Å². The summed E-state index contributed by atoms with van der Waals surface area (Å²) in [6.07, 6.45) is -2.30. The van der Waals surface area contributed by atoms with Crippen molar-refractivity contribution in [2.45, 2.75) is 17.2 Å². The molecule has 1 aliphatic rings. The van der Waals surface area contributed by atoms with Gasteiger partial charge in [-0.15, -0.1) is 0 Å². The monoisotopic (exact) mass is 372 g/mol. The third-order valence-electron chi connectivity index (χ3n) is 3.91. The highest BCUT2D eigenvalue weighted by Gasteiger charge is 2.33. The number of ether oxygens (including phenoxy) is 1. The molecular formula is C16H15F3N2O3S. The van der Waals surface area contributed by atoms with Crippen LogP contribution < -0.4 is 0 Å². The van der Waals surface area contributed by atoms with Crippen molar-refractivity contribution < 1.29 is 26.3 Å². The SMILES string of the molecule is O=S(=O)(c1cccnc1)N1CCOC(c2ccc(C(F)(F)F)cc2)C1. The maximum Gasteiger partial charge on any atom is 0.416 e. The lowest BCUT2D eigenvalue weighted by atomic mass is 10.1. The molecule has 1 atom stereocenters. The summed E-state index contributed by atoms with van der Waals surface area (Å²) in [5, 5.41) is 0. The topological polar surface area (TPSA) is 59.5 Å². The van der Waals surface area contributed by atoms with E-state index < -0.39 is 27.9 Å². The molecule has 0 aliphatic carbocycles. The van der Waals surface area contributed by atoms with Gasteiger partial charge in [0.15, 0.2) is 0 Å². The zero-order valence-electron chi connectivity index (χ0n) is 13.0. The Bertz CT molecular complexity index is 824. The number of morpholine rings is 1. The Morgan fingerprint density at radius 3 is 2.48 bits per heavy atom. The molecule has 0 bridgehead atoms. The average molecular weight is 372 g/mol. The summed E-state index contributed by atoms with van der Waals surface area (Å²) in [5.74, 6) is 0. The van der Waals surface area contributed by atoms with Gasteiger partial charge in [0.05, 0.1) is 18.3 Å². The summed E-state index contributed by atoms with van der Waals surface area (Å²) < 4.78 is 70.0. The maximum atomic E-state index is 12.6. The molecule has 1 unspecified atom stereocenters. The first-order chi connectivity index (χ1) is 11.8. The van der Waals surface area contributed by atoms with Crippen molar-refractivity contribution in [3.05, 3.63) is 59.9 Å². The summed E-state index contributed by atoms with van der Waals surface area (Å²) in [5.41, 5.74) is -0.258. The third-order valence-corrected chi connectivity index (χ3v) is 5.76. The first-order valence-corrected chi connectivity index (χ1v) is 8.91. The van der Waals surface area contributed by atoms with Gasteiger partial charge in [0.25, 0.3) is 0 Å². The predicted molar refractivity (Wildman–Crippen MR) is 83.1 cm³/mol. The van der Waals surface area contributed by atoms with E-state index in [0.29, 0.717) is 5.56 Å². The van der Waals surface area contributed by atoms with Crippen LogP contribution in [-0.4, -0.2) is 37.4 Å². The van der Waals surface area contributed by atoms with E-state index >= 15 is 0 Å². The number of nitrogens with zero attached hydrogens (tertiary/aromatic N) is 2. The van der Waals surface area contributed by atoms with Gasteiger partial charge in [0, 0.05) is 25.5 Å². The summed E-state index contributed by atoms with van der Waals surface area (Å²) in [6.45, 7) is 0.363. The summed E-state index contributed by atoms with van der Waals surface area (Å²) in [6, 6.07) is 7.54. The van der Waals surface area contributed by atoms with Crippen LogP contribution in [0, 0.1) is 0 Å². The highest BCUT2D eigenvalue weighted by atomic mass is 32.2. The highest BCUT2D eigenvalue weighted by molar-refractivity contribution is 7.89.